The first kappa shape index (κ1) is 15.3. The second-order valence-electron chi connectivity index (χ2n) is 7.20. The SMILES string of the molecule is CC1=Nc2ccc(-c3cc4ncn(C)c(=O)c4c(NC4CC4)n3)cc2C1. The maximum absolute atomic E-state index is 12.6. The van der Waals surface area contributed by atoms with Crippen LogP contribution in [-0.4, -0.2) is 26.3 Å². The van der Waals surface area contributed by atoms with Crippen LogP contribution in [0, 0.1) is 0 Å². The van der Waals surface area contributed by atoms with Gasteiger partial charge in [0.05, 0.1) is 23.2 Å². The zero-order chi connectivity index (χ0) is 17.8. The van der Waals surface area contributed by atoms with Gasteiger partial charge in [0.1, 0.15) is 11.2 Å². The Balaban J connectivity index is 1.68. The summed E-state index contributed by atoms with van der Waals surface area (Å²) in [7, 11) is 1.71. The van der Waals surface area contributed by atoms with Crippen LogP contribution in [-0.2, 0) is 13.5 Å². The van der Waals surface area contributed by atoms with E-state index in [9.17, 15) is 4.79 Å². The van der Waals surface area contributed by atoms with E-state index < -0.39 is 0 Å². The third-order valence-corrected chi connectivity index (χ3v) is 4.95. The van der Waals surface area contributed by atoms with Crippen molar-refractivity contribution in [2.45, 2.75) is 32.2 Å². The number of hydrogen-bond acceptors (Lipinski definition) is 5. The number of aromatic nitrogens is 3. The fourth-order valence-corrected chi connectivity index (χ4v) is 3.41. The first-order chi connectivity index (χ1) is 12.6. The van der Waals surface area contributed by atoms with E-state index >= 15 is 0 Å². The molecule has 1 aliphatic carbocycles. The molecule has 6 heteroatoms. The van der Waals surface area contributed by atoms with Crippen LogP contribution >= 0.6 is 0 Å². The normalized spacial score (nSPS) is 15.8. The number of benzene rings is 1. The van der Waals surface area contributed by atoms with Crippen molar-refractivity contribution < 1.29 is 0 Å². The quantitative estimate of drug-likeness (QED) is 0.791. The average molecular weight is 345 g/mol. The summed E-state index contributed by atoms with van der Waals surface area (Å²) in [5, 5.41) is 3.97. The zero-order valence-electron chi connectivity index (χ0n) is 14.8. The Labute approximate surface area is 150 Å². The third-order valence-electron chi connectivity index (χ3n) is 4.95. The van der Waals surface area contributed by atoms with Crippen molar-refractivity contribution in [3.05, 3.63) is 46.5 Å². The molecule has 3 heterocycles. The Bertz CT molecular complexity index is 1140. The minimum absolute atomic E-state index is 0.0739. The van der Waals surface area contributed by atoms with E-state index in [-0.39, 0.29) is 5.56 Å². The van der Waals surface area contributed by atoms with E-state index in [0.717, 1.165) is 41.9 Å². The van der Waals surface area contributed by atoms with Gasteiger partial charge in [0.15, 0.2) is 0 Å². The molecule has 5 rings (SSSR count). The Kier molecular flexibility index (Phi) is 3.22. The van der Waals surface area contributed by atoms with Gasteiger partial charge in [0.2, 0.25) is 0 Å². The molecule has 1 saturated carbocycles. The predicted octanol–water partition coefficient (Wildman–Crippen LogP) is 3.22. The number of nitrogens with one attached hydrogen (secondary N) is 1. The van der Waals surface area contributed by atoms with Crippen LogP contribution in [0.4, 0.5) is 11.5 Å². The van der Waals surface area contributed by atoms with Gasteiger partial charge >= 0.3 is 0 Å². The topological polar surface area (TPSA) is 72.2 Å². The zero-order valence-corrected chi connectivity index (χ0v) is 14.8. The molecule has 130 valence electrons. The molecule has 0 amide bonds. The van der Waals surface area contributed by atoms with Crippen LogP contribution in [0.5, 0.6) is 0 Å². The van der Waals surface area contributed by atoms with Crippen molar-refractivity contribution in [1.82, 2.24) is 14.5 Å². The van der Waals surface area contributed by atoms with Crippen molar-refractivity contribution in [3.8, 4) is 11.3 Å². The highest BCUT2D eigenvalue weighted by Crippen LogP contribution is 2.33. The highest BCUT2D eigenvalue weighted by molar-refractivity contribution is 5.94. The number of aryl methyl sites for hydroxylation is 1. The Hall–Kier alpha value is -3.02. The molecule has 1 N–H and O–H groups in total. The van der Waals surface area contributed by atoms with Crippen LogP contribution in [0.25, 0.3) is 22.2 Å². The van der Waals surface area contributed by atoms with Crippen LogP contribution in [0.2, 0.25) is 0 Å². The summed E-state index contributed by atoms with van der Waals surface area (Å²) in [6.45, 7) is 2.05. The largest absolute Gasteiger partial charge is 0.367 e. The summed E-state index contributed by atoms with van der Waals surface area (Å²) >= 11 is 0. The highest BCUT2D eigenvalue weighted by atomic mass is 16.1. The second-order valence-corrected chi connectivity index (χ2v) is 7.20. The lowest BCUT2D eigenvalue weighted by atomic mass is 10.0. The lowest BCUT2D eigenvalue weighted by molar-refractivity contribution is 0.842. The van der Waals surface area contributed by atoms with Crippen molar-refractivity contribution >= 4 is 28.1 Å². The van der Waals surface area contributed by atoms with Gasteiger partial charge in [-0.1, -0.05) is 6.07 Å². The van der Waals surface area contributed by atoms with Crippen LogP contribution in [0.3, 0.4) is 0 Å². The molecule has 0 saturated heterocycles. The standard InChI is InChI=1S/C20H19N5O/c1-11-7-13-8-12(3-6-15(13)22-11)16-9-17-18(20(26)25(2)10-21-17)19(24-16)23-14-4-5-14/h3,6,8-10,14H,4-5,7H2,1-2H3,(H,23,24). The number of nitrogens with zero attached hydrogens (tertiary/aromatic N) is 4. The Morgan fingerprint density at radius 1 is 1.23 bits per heavy atom. The molecule has 2 aromatic heterocycles. The van der Waals surface area contributed by atoms with Crippen molar-refractivity contribution in [3.63, 3.8) is 0 Å². The van der Waals surface area contributed by atoms with E-state index in [2.05, 4.69) is 21.4 Å². The van der Waals surface area contributed by atoms with Gasteiger partial charge in [0, 0.05) is 30.8 Å². The second kappa shape index (κ2) is 5.49. The molecule has 3 aromatic rings. The number of pyridine rings is 1. The maximum atomic E-state index is 12.6. The Morgan fingerprint density at radius 2 is 2.08 bits per heavy atom. The number of hydrogen-bond donors (Lipinski definition) is 1. The smallest absolute Gasteiger partial charge is 0.264 e. The number of rotatable bonds is 3. The van der Waals surface area contributed by atoms with Crippen LogP contribution < -0.4 is 10.9 Å². The summed E-state index contributed by atoms with van der Waals surface area (Å²) < 4.78 is 1.50. The monoisotopic (exact) mass is 345 g/mol. The first-order valence-electron chi connectivity index (χ1n) is 8.89. The summed E-state index contributed by atoms with van der Waals surface area (Å²) in [4.78, 5) is 26.4. The molecule has 0 atom stereocenters. The average Bonchev–Trinajstić information content (AvgIpc) is 3.35. The molecule has 1 fully saturated rings. The molecule has 26 heavy (non-hydrogen) atoms. The van der Waals surface area contributed by atoms with Crippen molar-refractivity contribution in [2.75, 3.05) is 5.32 Å². The van der Waals surface area contributed by atoms with Gasteiger partial charge in [0.25, 0.3) is 5.56 Å². The van der Waals surface area contributed by atoms with Crippen molar-refractivity contribution in [1.29, 1.82) is 0 Å². The molecule has 1 aliphatic heterocycles. The van der Waals surface area contributed by atoms with E-state index in [1.165, 1.54) is 10.1 Å². The van der Waals surface area contributed by atoms with Gasteiger partial charge < -0.3 is 9.88 Å². The van der Waals surface area contributed by atoms with Gasteiger partial charge in [-0.2, -0.15) is 0 Å². The molecule has 2 aliphatic rings. The van der Waals surface area contributed by atoms with E-state index in [1.54, 1.807) is 13.4 Å². The lowest BCUT2D eigenvalue weighted by Crippen LogP contribution is -2.19. The molecule has 0 radical (unpaired) electrons. The Morgan fingerprint density at radius 3 is 2.88 bits per heavy atom. The van der Waals surface area contributed by atoms with Crippen LogP contribution in [0.15, 0.2) is 40.4 Å². The van der Waals surface area contributed by atoms with E-state index in [4.69, 9.17) is 4.98 Å². The van der Waals surface area contributed by atoms with E-state index in [0.29, 0.717) is 22.8 Å². The summed E-state index contributed by atoms with van der Waals surface area (Å²) in [5.74, 6) is 0.640. The number of anilines is 1. The first-order valence-corrected chi connectivity index (χ1v) is 8.89. The fourth-order valence-electron chi connectivity index (χ4n) is 3.41. The summed E-state index contributed by atoms with van der Waals surface area (Å²) in [6, 6.07) is 8.53. The third kappa shape index (κ3) is 2.49. The summed E-state index contributed by atoms with van der Waals surface area (Å²) in [6.07, 6.45) is 4.67. The number of aliphatic imine (C=N–C) groups is 1. The highest BCUT2D eigenvalue weighted by Gasteiger charge is 2.24. The lowest BCUT2D eigenvalue weighted by Gasteiger charge is -2.11. The maximum Gasteiger partial charge on any atom is 0.264 e. The summed E-state index contributed by atoms with van der Waals surface area (Å²) in [5.41, 5.74) is 5.84. The molecule has 0 spiro atoms. The molecule has 0 bridgehead atoms. The van der Waals surface area contributed by atoms with E-state index in [1.807, 2.05) is 25.1 Å². The van der Waals surface area contributed by atoms with Gasteiger partial charge in [-0.3, -0.25) is 9.79 Å². The van der Waals surface area contributed by atoms with Crippen molar-refractivity contribution in [2.24, 2.45) is 12.0 Å². The minimum atomic E-state index is -0.0739. The molecule has 0 unspecified atom stereocenters. The predicted molar refractivity (Wildman–Crippen MR) is 103 cm³/mol. The number of fused-ring (bicyclic) bond motifs is 2. The van der Waals surface area contributed by atoms with Gasteiger partial charge in [-0.25, -0.2) is 9.97 Å². The van der Waals surface area contributed by atoms with Crippen LogP contribution in [0.1, 0.15) is 25.3 Å². The molecule has 6 nitrogen and oxygen atoms in total. The van der Waals surface area contributed by atoms with Gasteiger partial charge in [-0.15, -0.1) is 0 Å². The molecular formula is C20H19N5O. The van der Waals surface area contributed by atoms with Gasteiger partial charge in [-0.05, 0) is 43.5 Å². The molecule has 1 aromatic carbocycles. The molecular weight excluding hydrogens is 326 g/mol. The fraction of sp³-hybridized carbons (Fsp3) is 0.300. The minimum Gasteiger partial charge on any atom is -0.367 e.